The largest absolute Gasteiger partial charge is 0.506 e. The average molecular weight is 402 g/mol. The van der Waals surface area contributed by atoms with E-state index < -0.39 is 14.2 Å². The molecule has 0 aliphatic heterocycles. The summed E-state index contributed by atoms with van der Waals surface area (Å²) in [5.74, 6) is 0.223. The number of rotatable bonds is 8. The summed E-state index contributed by atoms with van der Waals surface area (Å²) in [4.78, 5) is 28.6. The molecule has 1 atom stereocenters. The fraction of sp³-hybridized carbons (Fsp3) is 0.474. The Hall–Kier alpha value is -2.13. The van der Waals surface area contributed by atoms with Gasteiger partial charge in [-0.1, -0.05) is 32.9 Å². The molecule has 8 nitrogen and oxygen atoms in total. The summed E-state index contributed by atoms with van der Waals surface area (Å²) < 4.78 is 0. The van der Waals surface area contributed by atoms with Crippen LogP contribution in [0.15, 0.2) is 33.9 Å². The maximum Gasteiger partial charge on any atom is 0.506 e. The van der Waals surface area contributed by atoms with Crippen LogP contribution >= 0.6 is 0 Å². The molecule has 29 heavy (non-hydrogen) atoms. The third kappa shape index (κ3) is 6.43. The van der Waals surface area contributed by atoms with E-state index in [9.17, 15) is 19.6 Å². The number of nitrogens with one attached hydrogen (secondary N) is 2. The molecule has 0 aromatic carbocycles. The molecule has 6 N–H and O–H groups in total. The number of pyridine rings is 2. The average Bonchev–Trinajstić information content (AvgIpc) is 2.62. The van der Waals surface area contributed by atoms with Crippen LogP contribution in [0, 0.1) is 11.3 Å². The van der Waals surface area contributed by atoms with Crippen molar-refractivity contribution in [1.29, 1.82) is 0 Å². The second kappa shape index (κ2) is 9.58. The molecule has 1 unspecified atom stereocenters. The third-order valence-electron chi connectivity index (χ3n) is 5.34. The zero-order valence-electron chi connectivity index (χ0n) is 17.0. The monoisotopic (exact) mass is 402 g/mol. The van der Waals surface area contributed by atoms with E-state index in [0.717, 1.165) is 12.8 Å². The molecule has 0 spiro atoms. The topological polar surface area (TPSA) is 147 Å². The highest BCUT2D eigenvalue weighted by molar-refractivity contribution is 6.58. The van der Waals surface area contributed by atoms with Crippen LogP contribution in [-0.4, -0.2) is 44.3 Å². The van der Waals surface area contributed by atoms with E-state index in [2.05, 4.69) is 30.7 Å². The highest BCUT2D eigenvalue weighted by Gasteiger charge is 2.26. The zero-order chi connectivity index (χ0) is 21.8. The molecule has 2 heterocycles. The van der Waals surface area contributed by atoms with Crippen molar-refractivity contribution in [3.05, 3.63) is 56.1 Å². The van der Waals surface area contributed by atoms with Gasteiger partial charge in [-0.3, -0.25) is 9.59 Å². The molecule has 2 rings (SSSR count). The SMILES string of the molecule is CC(C)(C)C(CCc1ccc(=O)[nH]c1B(O)O)CCc1ccc(B(O)O)[nH]c1=O. The molecule has 2 aromatic heterocycles. The molecule has 2 aromatic rings. The molecule has 156 valence electrons. The normalized spacial score (nSPS) is 12.7. The smallest absolute Gasteiger partial charge is 0.422 e. The van der Waals surface area contributed by atoms with E-state index in [1.807, 2.05) is 0 Å². The van der Waals surface area contributed by atoms with E-state index >= 15 is 0 Å². The van der Waals surface area contributed by atoms with Gasteiger partial charge >= 0.3 is 14.2 Å². The van der Waals surface area contributed by atoms with Crippen LogP contribution in [0.1, 0.15) is 44.7 Å². The second-order valence-electron chi connectivity index (χ2n) is 8.42. The second-order valence-corrected chi connectivity index (χ2v) is 8.42. The van der Waals surface area contributed by atoms with Gasteiger partial charge in [0.1, 0.15) is 0 Å². The first-order chi connectivity index (χ1) is 13.5. The van der Waals surface area contributed by atoms with E-state index in [1.165, 1.54) is 12.1 Å². The van der Waals surface area contributed by atoms with Crippen molar-refractivity contribution >= 4 is 25.4 Å². The van der Waals surface area contributed by atoms with Crippen LogP contribution in [-0.2, 0) is 12.8 Å². The van der Waals surface area contributed by atoms with Gasteiger partial charge in [-0.25, -0.2) is 0 Å². The lowest BCUT2D eigenvalue weighted by molar-refractivity contribution is 0.212. The number of aryl methyl sites for hydroxylation is 2. The standard InChI is InChI=1S/C19H28B2N2O6/c1-19(2,3)14(8-4-12-7-11-16(24)23-17(12)21(28)29)9-5-13-6-10-15(20(26)27)22-18(13)25/h6-7,10-11,14,26-29H,4-5,8-9H2,1-3H3,(H,22,25)(H,23,24). The fourth-order valence-electron chi connectivity index (χ4n) is 3.51. The molecular weight excluding hydrogens is 374 g/mol. The van der Waals surface area contributed by atoms with Gasteiger partial charge < -0.3 is 30.1 Å². The number of hydrogen-bond donors (Lipinski definition) is 6. The fourth-order valence-corrected chi connectivity index (χ4v) is 3.51. The van der Waals surface area contributed by atoms with Crippen molar-refractivity contribution in [1.82, 2.24) is 9.97 Å². The highest BCUT2D eigenvalue weighted by atomic mass is 16.4. The van der Waals surface area contributed by atoms with Crippen LogP contribution < -0.4 is 22.3 Å². The zero-order valence-corrected chi connectivity index (χ0v) is 17.0. The molecule has 0 fully saturated rings. The minimum absolute atomic E-state index is 0.0474. The Morgan fingerprint density at radius 1 is 0.862 bits per heavy atom. The van der Waals surface area contributed by atoms with Crippen molar-refractivity contribution < 1.29 is 20.1 Å². The Kier molecular flexibility index (Phi) is 7.65. The van der Waals surface area contributed by atoms with Gasteiger partial charge in [0, 0.05) is 17.2 Å². The first-order valence-electron chi connectivity index (χ1n) is 9.65. The van der Waals surface area contributed by atoms with Gasteiger partial charge in [-0.2, -0.15) is 0 Å². The number of hydrogen-bond acceptors (Lipinski definition) is 6. The van der Waals surface area contributed by atoms with Crippen LogP contribution in [0.5, 0.6) is 0 Å². The minimum atomic E-state index is -1.74. The summed E-state index contributed by atoms with van der Waals surface area (Å²) >= 11 is 0. The lowest BCUT2D eigenvalue weighted by atomic mass is 9.73. The molecule has 0 amide bonds. The Bertz CT molecular complexity index is 933. The van der Waals surface area contributed by atoms with Gasteiger partial charge in [-0.15, -0.1) is 0 Å². The van der Waals surface area contributed by atoms with E-state index in [0.29, 0.717) is 24.0 Å². The third-order valence-corrected chi connectivity index (χ3v) is 5.34. The summed E-state index contributed by atoms with van der Waals surface area (Å²) in [5.41, 5.74) is 0.634. The maximum absolute atomic E-state index is 12.2. The first-order valence-corrected chi connectivity index (χ1v) is 9.65. The maximum atomic E-state index is 12.2. The molecule has 10 heteroatoms. The summed E-state index contributed by atoms with van der Waals surface area (Å²) in [6.07, 6.45) is 2.55. The Morgan fingerprint density at radius 3 is 1.97 bits per heavy atom. The molecule has 0 radical (unpaired) electrons. The number of aromatic amines is 2. The lowest BCUT2D eigenvalue weighted by Crippen LogP contribution is -2.39. The van der Waals surface area contributed by atoms with Gasteiger partial charge in [-0.05, 0) is 48.6 Å². The molecule has 0 bridgehead atoms. The predicted molar refractivity (Wildman–Crippen MR) is 113 cm³/mol. The molecule has 0 aliphatic rings. The number of aromatic nitrogens is 2. The van der Waals surface area contributed by atoms with Crippen LogP contribution in [0.25, 0.3) is 0 Å². The van der Waals surface area contributed by atoms with E-state index in [4.69, 9.17) is 10.0 Å². The van der Waals surface area contributed by atoms with Crippen molar-refractivity contribution in [2.45, 2.75) is 46.5 Å². The molecule has 0 saturated carbocycles. The summed E-state index contributed by atoms with van der Waals surface area (Å²) in [6, 6.07) is 6.07. The number of H-pyrrole nitrogens is 2. The van der Waals surface area contributed by atoms with Crippen molar-refractivity contribution in [3.63, 3.8) is 0 Å². The first kappa shape index (κ1) is 23.2. The van der Waals surface area contributed by atoms with Crippen molar-refractivity contribution in [2.75, 3.05) is 0 Å². The van der Waals surface area contributed by atoms with E-state index in [1.54, 1.807) is 12.1 Å². The summed E-state index contributed by atoms with van der Waals surface area (Å²) in [7, 11) is -3.46. The summed E-state index contributed by atoms with van der Waals surface area (Å²) in [6.45, 7) is 6.34. The Labute approximate surface area is 169 Å². The predicted octanol–water partition coefficient (Wildman–Crippen LogP) is -1.35. The minimum Gasteiger partial charge on any atom is -0.422 e. The van der Waals surface area contributed by atoms with Gasteiger partial charge in [0.05, 0.1) is 5.59 Å². The van der Waals surface area contributed by atoms with Crippen LogP contribution in [0.4, 0.5) is 0 Å². The van der Waals surface area contributed by atoms with Crippen LogP contribution in [0.3, 0.4) is 0 Å². The lowest BCUT2D eigenvalue weighted by Gasteiger charge is -2.31. The van der Waals surface area contributed by atoms with Crippen LogP contribution in [0.2, 0.25) is 0 Å². The highest BCUT2D eigenvalue weighted by Crippen LogP contribution is 2.33. The molecule has 0 aliphatic carbocycles. The molecule has 0 saturated heterocycles. The quantitative estimate of drug-likeness (QED) is 0.301. The van der Waals surface area contributed by atoms with Gasteiger partial charge in [0.15, 0.2) is 0 Å². The molecular formula is C19H28B2N2O6. The van der Waals surface area contributed by atoms with Gasteiger partial charge in [0.25, 0.3) is 5.56 Å². The Balaban J connectivity index is 2.12. The Morgan fingerprint density at radius 2 is 1.45 bits per heavy atom. The van der Waals surface area contributed by atoms with Crippen molar-refractivity contribution in [3.8, 4) is 0 Å². The van der Waals surface area contributed by atoms with Gasteiger partial charge in [0.2, 0.25) is 5.56 Å². The summed E-state index contributed by atoms with van der Waals surface area (Å²) in [5, 5.41) is 37.3. The van der Waals surface area contributed by atoms with Crippen molar-refractivity contribution in [2.24, 2.45) is 11.3 Å². The van der Waals surface area contributed by atoms with E-state index in [-0.39, 0.29) is 33.6 Å².